The Kier molecular flexibility index (Phi) is 2.75. The molecule has 0 aliphatic heterocycles. The first kappa shape index (κ1) is 9.12. The predicted molar refractivity (Wildman–Crippen MR) is 43.2 cm³/mol. The van der Waals surface area contributed by atoms with E-state index >= 15 is 0 Å². The number of rotatable bonds is 2. The Labute approximate surface area is 76.4 Å². The molecule has 64 valence electrons. The Morgan fingerprint density at radius 3 is 2.92 bits per heavy atom. The summed E-state index contributed by atoms with van der Waals surface area (Å²) in [6.07, 6.45) is 2.13. The van der Waals surface area contributed by atoms with Crippen LogP contribution in [0.1, 0.15) is 5.56 Å². The third-order valence-electron chi connectivity index (χ3n) is 1.25. The van der Waals surface area contributed by atoms with E-state index in [4.69, 9.17) is 5.11 Å². The summed E-state index contributed by atoms with van der Waals surface area (Å²) in [4.78, 5) is 13.9. The fraction of sp³-hybridized carbons (Fsp3) is 0.143. The lowest BCUT2D eigenvalue weighted by molar-refractivity contribution is -0.136. The lowest BCUT2D eigenvalue weighted by atomic mass is 10.2. The van der Waals surface area contributed by atoms with Gasteiger partial charge in [0.25, 0.3) is 0 Å². The molecule has 1 aromatic heterocycles. The highest BCUT2D eigenvalue weighted by Gasteiger charge is 2.09. The van der Waals surface area contributed by atoms with Crippen molar-refractivity contribution < 1.29 is 14.3 Å². The summed E-state index contributed by atoms with van der Waals surface area (Å²) < 4.78 is 13.2. The predicted octanol–water partition coefficient (Wildman–Crippen LogP) is 1.61. The lowest BCUT2D eigenvalue weighted by Gasteiger charge is -1.99. The maximum absolute atomic E-state index is 13.0. The summed E-state index contributed by atoms with van der Waals surface area (Å²) >= 11 is 2.91. The second-order valence-electron chi connectivity index (χ2n) is 2.16. The van der Waals surface area contributed by atoms with Crippen LogP contribution in [-0.2, 0) is 11.2 Å². The molecule has 3 nitrogen and oxygen atoms in total. The lowest BCUT2D eigenvalue weighted by Crippen LogP contribution is -2.03. The first-order valence-corrected chi connectivity index (χ1v) is 3.90. The average molecular weight is 234 g/mol. The van der Waals surface area contributed by atoms with Gasteiger partial charge in [-0.25, -0.2) is 4.39 Å². The minimum atomic E-state index is -1.08. The first-order valence-electron chi connectivity index (χ1n) is 3.11. The van der Waals surface area contributed by atoms with Gasteiger partial charge in [-0.2, -0.15) is 0 Å². The van der Waals surface area contributed by atoms with Gasteiger partial charge >= 0.3 is 5.97 Å². The Morgan fingerprint density at radius 2 is 2.33 bits per heavy atom. The molecule has 5 heteroatoms. The van der Waals surface area contributed by atoms with Crippen LogP contribution in [0.15, 0.2) is 16.9 Å². The SMILES string of the molecule is O=C(O)Cc1cncc(Br)c1F. The van der Waals surface area contributed by atoms with Crippen LogP contribution < -0.4 is 0 Å². The van der Waals surface area contributed by atoms with E-state index in [0.717, 1.165) is 0 Å². The van der Waals surface area contributed by atoms with Gasteiger partial charge < -0.3 is 5.11 Å². The number of carboxylic acids is 1. The molecule has 0 spiro atoms. The van der Waals surface area contributed by atoms with Crippen molar-refractivity contribution in [2.24, 2.45) is 0 Å². The molecule has 1 rings (SSSR count). The molecule has 0 fully saturated rings. The summed E-state index contributed by atoms with van der Waals surface area (Å²) in [6.45, 7) is 0. The summed E-state index contributed by atoms with van der Waals surface area (Å²) in [6, 6.07) is 0. The Morgan fingerprint density at radius 1 is 1.67 bits per heavy atom. The van der Waals surface area contributed by atoms with Gasteiger partial charge in [-0.1, -0.05) is 0 Å². The molecule has 0 aliphatic carbocycles. The number of aliphatic carboxylic acids is 1. The summed E-state index contributed by atoms with van der Waals surface area (Å²) in [5.41, 5.74) is 0.0804. The zero-order valence-corrected chi connectivity index (χ0v) is 7.51. The highest BCUT2D eigenvalue weighted by molar-refractivity contribution is 9.10. The highest BCUT2D eigenvalue weighted by atomic mass is 79.9. The average Bonchev–Trinajstić information content (AvgIpc) is 1.98. The molecule has 0 atom stereocenters. The van der Waals surface area contributed by atoms with Gasteiger partial charge in [0.05, 0.1) is 10.9 Å². The van der Waals surface area contributed by atoms with E-state index in [1.807, 2.05) is 0 Å². The summed E-state index contributed by atoms with van der Waals surface area (Å²) in [7, 11) is 0. The molecule has 0 amide bonds. The zero-order valence-electron chi connectivity index (χ0n) is 5.92. The maximum atomic E-state index is 13.0. The van der Waals surface area contributed by atoms with Gasteiger partial charge in [-0.05, 0) is 15.9 Å². The van der Waals surface area contributed by atoms with Crippen LogP contribution in [0.3, 0.4) is 0 Å². The van der Waals surface area contributed by atoms with Crippen LogP contribution in [0, 0.1) is 5.82 Å². The Balaban J connectivity index is 3.00. The molecule has 1 aromatic rings. The number of halogens is 2. The molecule has 0 aromatic carbocycles. The van der Waals surface area contributed by atoms with Gasteiger partial charge in [-0.15, -0.1) is 0 Å². The Hall–Kier alpha value is -0.970. The third-order valence-corrected chi connectivity index (χ3v) is 1.80. The molecule has 1 heterocycles. The molecule has 0 radical (unpaired) electrons. The molecule has 1 N–H and O–H groups in total. The van der Waals surface area contributed by atoms with Crippen molar-refractivity contribution in [2.45, 2.75) is 6.42 Å². The van der Waals surface area contributed by atoms with Gasteiger partial charge in [-0.3, -0.25) is 9.78 Å². The first-order chi connectivity index (χ1) is 5.61. The molecule has 0 unspecified atom stereocenters. The van der Waals surface area contributed by atoms with Crippen molar-refractivity contribution in [3.63, 3.8) is 0 Å². The van der Waals surface area contributed by atoms with Crippen LogP contribution in [0.4, 0.5) is 4.39 Å². The second kappa shape index (κ2) is 3.62. The van der Waals surface area contributed by atoms with E-state index in [1.165, 1.54) is 12.4 Å². The standard InChI is InChI=1S/C7H5BrFNO2/c8-5-3-10-2-4(7(5)9)1-6(11)12/h2-3H,1H2,(H,11,12). The van der Waals surface area contributed by atoms with Crippen LogP contribution in [0.5, 0.6) is 0 Å². The molecule has 0 saturated heterocycles. The number of carboxylic acid groups (broad SMARTS) is 1. The van der Waals surface area contributed by atoms with Gasteiger partial charge in [0.1, 0.15) is 5.82 Å². The number of hydrogen-bond acceptors (Lipinski definition) is 2. The number of pyridine rings is 1. The Bertz CT molecular complexity index is 316. The zero-order chi connectivity index (χ0) is 9.14. The van der Waals surface area contributed by atoms with Crippen molar-refractivity contribution >= 4 is 21.9 Å². The van der Waals surface area contributed by atoms with Crippen molar-refractivity contribution in [3.05, 3.63) is 28.2 Å². The third kappa shape index (κ3) is 2.01. The van der Waals surface area contributed by atoms with Crippen LogP contribution in [-0.4, -0.2) is 16.1 Å². The number of nitrogens with zero attached hydrogens (tertiary/aromatic N) is 1. The molecular weight excluding hydrogens is 229 g/mol. The highest BCUT2D eigenvalue weighted by Crippen LogP contribution is 2.16. The summed E-state index contributed by atoms with van der Waals surface area (Å²) in [5.74, 6) is -1.64. The smallest absolute Gasteiger partial charge is 0.307 e. The van der Waals surface area contributed by atoms with E-state index in [-0.39, 0.29) is 16.5 Å². The topological polar surface area (TPSA) is 50.2 Å². The number of aromatic nitrogens is 1. The van der Waals surface area contributed by atoms with E-state index in [0.29, 0.717) is 0 Å². The molecular formula is C7H5BrFNO2. The monoisotopic (exact) mass is 233 g/mol. The molecule has 0 bridgehead atoms. The summed E-state index contributed by atoms with van der Waals surface area (Å²) in [5, 5.41) is 8.37. The van der Waals surface area contributed by atoms with E-state index in [1.54, 1.807) is 0 Å². The quantitative estimate of drug-likeness (QED) is 0.845. The minimum absolute atomic E-state index is 0.0804. The van der Waals surface area contributed by atoms with Crippen LogP contribution in [0.2, 0.25) is 0 Å². The van der Waals surface area contributed by atoms with E-state index in [2.05, 4.69) is 20.9 Å². The second-order valence-corrected chi connectivity index (χ2v) is 3.02. The van der Waals surface area contributed by atoms with E-state index < -0.39 is 11.8 Å². The van der Waals surface area contributed by atoms with Gasteiger partial charge in [0, 0.05) is 18.0 Å². The van der Waals surface area contributed by atoms with Crippen molar-refractivity contribution in [2.75, 3.05) is 0 Å². The molecule has 12 heavy (non-hydrogen) atoms. The molecule has 0 saturated carbocycles. The largest absolute Gasteiger partial charge is 0.481 e. The maximum Gasteiger partial charge on any atom is 0.307 e. The minimum Gasteiger partial charge on any atom is -0.481 e. The normalized spacial score (nSPS) is 9.83. The van der Waals surface area contributed by atoms with Crippen molar-refractivity contribution in [1.82, 2.24) is 4.98 Å². The number of carbonyl (C=O) groups is 1. The van der Waals surface area contributed by atoms with Crippen molar-refractivity contribution in [3.8, 4) is 0 Å². The van der Waals surface area contributed by atoms with Crippen LogP contribution in [0.25, 0.3) is 0 Å². The van der Waals surface area contributed by atoms with Crippen LogP contribution >= 0.6 is 15.9 Å². The fourth-order valence-electron chi connectivity index (χ4n) is 0.746. The van der Waals surface area contributed by atoms with Crippen molar-refractivity contribution in [1.29, 1.82) is 0 Å². The van der Waals surface area contributed by atoms with E-state index in [9.17, 15) is 9.18 Å². The van der Waals surface area contributed by atoms with Gasteiger partial charge in [0.15, 0.2) is 0 Å². The molecule has 0 aliphatic rings. The van der Waals surface area contributed by atoms with Gasteiger partial charge in [0.2, 0.25) is 0 Å². The fourth-order valence-corrected chi connectivity index (χ4v) is 1.12. The number of hydrogen-bond donors (Lipinski definition) is 1.